The standard InChI is InChI=1S/C12H22N4S/c1-12(2,3)8-16(4)11-7-10(13-5-6-17)14-9-15-11/h7,9,17H,5-6,8H2,1-4H3,(H,13,14,15). The zero-order valence-electron chi connectivity index (χ0n) is 11.1. The number of rotatable bonds is 5. The molecule has 0 unspecified atom stereocenters. The average molecular weight is 254 g/mol. The maximum atomic E-state index is 4.29. The Morgan fingerprint density at radius 1 is 1.35 bits per heavy atom. The SMILES string of the molecule is CN(CC(C)(C)C)c1cc(NCCS)ncn1. The van der Waals surface area contributed by atoms with Crippen LogP contribution in [0.3, 0.4) is 0 Å². The summed E-state index contributed by atoms with van der Waals surface area (Å²) in [6.07, 6.45) is 1.59. The van der Waals surface area contributed by atoms with Crippen LogP contribution in [-0.4, -0.2) is 35.9 Å². The first kappa shape index (κ1) is 14.1. The van der Waals surface area contributed by atoms with Gasteiger partial charge in [0.2, 0.25) is 0 Å². The minimum Gasteiger partial charge on any atom is -0.369 e. The average Bonchev–Trinajstić information content (AvgIpc) is 2.24. The van der Waals surface area contributed by atoms with Crippen LogP contribution in [0.1, 0.15) is 20.8 Å². The maximum Gasteiger partial charge on any atom is 0.133 e. The Kier molecular flexibility index (Phi) is 5.05. The number of hydrogen-bond acceptors (Lipinski definition) is 5. The van der Waals surface area contributed by atoms with Gasteiger partial charge in [0.1, 0.15) is 18.0 Å². The highest BCUT2D eigenvalue weighted by molar-refractivity contribution is 7.80. The van der Waals surface area contributed by atoms with E-state index in [0.717, 1.165) is 30.5 Å². The molecule has 0 aromatic carbocycles. The van der Waals surface area contributed by atoms with Crippen LogP contribution in [-0.2, 0) is 0 Å². The monoisotopic (exact) mass is 254 g/mol. The van der Waals surface area contributed by atoms with Crippen molar-refractivity contribution in [3.05, 3.63) is 12.4 Å². The molecule has 0 aliphatic heterocycles. The Bertz CT molecular complexity index is 349. The van der Waals surface area contributed by atoms with Crippen LogP contribution in [0, 0.1) is 5.41 Å². The summed E-state index contributed by atoms with van der Waals surface area (Å²) >= 11 is 4.16. The lowest BCUT2D eigenvalue weighted by Gasteiger charge is -2.27. The van der Waals surface area contributed by atoms with Crippen LogP contribution in [0.25, 0.3) is 0 Å². The Morgan fingerprint density at radius 2 is 2.06 bits per heavy atom. The van der Waals surface area contributed by atoms with E-state index >= 15 is 0 Å². The lowest BCUT2D eigenvalue weighted by molar-refractivity contribution is 0.418. The molecule has 0 fully saturated rings. The van der Waals surface area contributed by atoms with E-state index in [9.17, 15) is 0 Å². The molecule has 5 heteroatoms. The van der Waals surface area contributed by atoms with E-state index in [1.165, 1.54) is 0 Å². The predicted octanol–water partition coefficient (Wildman–Crippen LogP) is 2.30. The van der Waals surface area contributed by atoms with Crippen molar-refractivity contribution in [2.75, 3.05) is 36.1 Å². The van der Waals surface area contributed by atoms with Crippen molar-refractivity contribution in [1.29, 1.82) is 0 Å². The second-order valence-electron chi connectivity index (χ2n) is 5.33. The molecule has 0 saturated carbocycles. The molecule has 0 saturated heterocycles. The molecule has 0 aliphatic carbocycles. The van der Waals surface area contributed by atoms with Crippen LogP contribution in [0.15, 0.2) is 12.4 Å². The van der Waals surface area contributed by atoms with E-state index in [4.69, 9.17) is 0 Å². The molecule has 0 radical (unpaired) electrons. The molecule has 1 heterocycles. The number of hydrogen-bond donors (Lipinski definition) is 2. The molecule has 1 aromatic heterocycles. The topological polar surface area (TPSA) is 41.0 Å². The second kappa shape index (κ2) is 6.10. The van der Waals surface area contributed by atoms with Crippen molar-refractivity contribution in [2.45, 2.75) is 20.8 Å². The van der Waals surface area contributed by atoms with Crippen LogP contribution in [0.2, 0.25) is 0 Å². The molecule has 0 aliphatic rings. The first-order valence-corrected chi connectivity index (χ1v) is 6.43. The number of nitrogens with zero attached hydrogens (tertiary/aromatic N) is 3. The smallest absolute Gasteiger partial charge is 0.133 e. The lowest BCUT2D eigenvalue weighted by Crippen LogP contribution is -2.29. The number of aromatic nitrogens is 2. The van der Waals surface area contributed by atoms with Gasteiger partial charge in [-0.15, -0.1) is 0 Å². The summed E-state index contributed by atoms with van der Waals surface area (Å²) in [7, 11) is 2.05. The molecule has 0 spiro atoms. The van der Waals surface area contributed by atoms with E-state index in [2.05, 4.69) is 60.6 Å². The normalized spacial score (nSPS) is 11.4. The zero-order valence-corrected chi connectivity index (χ0v) is 12.0. The van der Waals surface area contributed by atoms with E-state index in [-0.39, 0.29) is 5.41 Å². The van der Waals surface area contributed by atoms with Gasteiger partial charge < -0.3 is 10.2 Å². The highest BCUT2D eigenvalue weighted by Crippen LogP contribution is 2.19. The fourth-order valence-corrected chi connectivity index (χ4v) is 1.74. The fourth-order valence-electron chi connectivity index (χ4n) is 1.63. The van der Waals surface area contributed by atoms with Crippen molar-refractivity contribution in [3.8, 4) is 0 Å². The van der Waals surface area contributed by atoms with Gasteiger partial charge in [-0.05, 0) is 5.41 Å². The number of nitrogens with one attached hydrogen (secondary N) is 1. The molecule has 1 rings (SSSR count). The fraction of sp³-hybridized carbons (Fsp3) is 0.667. The summed E-state index contributed by atoms with van der Waals surface area (Å²) in [6, 6.07) is 1.97. The van der Waals surface area contributed by atoms with Crippen LogP contribution >= 0.6 is 12.6 Å². The summed E-state index contributed by atoms with van der Waals surface area (Å²) in [4.78, 5) is 10.6. The van der Waals surface area contributed by atoms with Crippen molar-refractivity contribution in [3.63, 3.8) is 0 Å². The van der Waals surface area contributed by atoms with Gasteiger partial charge in [-0.3, -0.25) is 0 Å². The molecule has 4 nitrogen and oxygen atoms in total. The maximum absolute atomic E-state index is 4.29. The quantitative estimate of drug-likeness (QED) is 0.791. The van der Waals surface area contributed by atoms with Gasteiger partial charge in [-0.2, -0.15) is 12.6 Å². The third-order valence-corrected chi connectivity index (χ3v) is 2.40. The molecule has 17 heavy (non-hydrogen) atoms. The third kappa shape index (κ3) is 5.26. The van der Waals surface area contributed by atoms with Gasteiger partial charge in [-0.25, -0.2) is 9.97 Å². The Morgan fingerprint density at radius 3 is 2.65 bits per heavy atom. The molecule has 1 aromatic rings. The van der Waals surface area contributed by atoms with Crippen molar-refractivity contribution in [1.82, 2.24) is 9.97 Å². The van der Waals surface area contributed by atoms with Gasteiger partial charge >= 0.3 is 0 Å². The van der Waals surface area contributed by atoms with E-state index in [1.54, 1.807) is 6.33 Å². The molecular weight excluding hydrogens is 232 g/mol. The van der Waals surface area contributed by atoms with Gasteiger partial charge in [0.05, 0.1) is 0 Å². The van der Waals surface area contributed by atoms with Gasteiger partial charge in [0, 0.05) is 32.0 Å². The Labute approximate surface area is 109 Å². The summed E-state index contributed by atoms with van der Waals surface area (Å²) < 4.78 is 0. The molecule has 0 atom stereocenters. The number of anilines is 2. The van der Waals surface area contributed by atoms with Crippen molar-refractivity contribution < 1.29 is 0 Å². The summed E-state index contributed by atoms with van der Waals surface area (Å²) in [5, 5.41) is 3.20. The van der Waals surface area contributed by atoms with E-state index in [0.29, 0.717) is 0 Å². The van der Waals surface area contributed by atoms with Crippen LogP contribution < -0.4 is 10.2 Å². The third-order valence-electron chi connectivity index (χ3n) is 2.17. The highest BCUT2D eigenvalue weighted by Gasteiger charge is 2.14. The first-order chi connectivity index (χ1) is 7.92. The van der Waals surface area contributed by atoms with E-state index in [1.807, 2.05) is 6.07 Å². The number of thiol groups is 1. The van der Waals surface area contributed by atoms with Crippen LogP contribution in [0.5, 0.6) is 0 Å². The minimum atomic E-state index is 0.248. The first-order valence-electron chi connectivity index (χ1n) is 5.80. The van der Waals surface area contributed by atoms with E-state index < -0.39 is 0 Å². The van der Waals surface area contributed by atoms with Gasteiger partial charge in [0.15, 0.2) is 0 Å². The van der Waals surface area contributed by atoms with Crippen molar-refractivity contribution >= 4 is 24.3 Å². The molecule has 0 amide bonds. The van der Waals surface area contributed by atoms with Gasteiger partial charge in [0.25, 0.3) is 0 Å². The largest absolute Gasteiger partial charge is 0.369 e. The van der Waals surface area contributed by atoms with Crippen molar-refractivity contribution in [2.24, 2.45) is 5.41 Å². The molecule has 0 bridgehead atoms. The van der Waals surface area contributed by atoms with Gasteiger partial charge in [-0.1, -0.05) is 20.8 Å². The Hall–Kier alpha value is -0.970. The lowest BCUT2D eigenvalue weighted by atomic mass is 9.96. The summed E-state index contributed by atoms with van der Waals surface area (Å²) in [5.41, 5.74) is 0.248. The predicted molar refractivity (Wildman–Crippen MR) is 77.1 cm³/mol. The molecule has 1 N–H and O–H groups in total. The summed E-state index contributed by atoms with van der Waals surface area (Å²) in [6.45, 7) is 8.40. The summed E-state index contributed by atoms with van der Waals surface area (Å²) in [5.74, 6) is 2.58. The van der Waals surface area contributed by atoms with Crippen LogP contribution in [0.4, 0.5) is 11.6 Å². The molecular formula is C12H22N4S. The minimum absolute atomic E-state index is 0.248. The Balaban J connectivity index is 2.70. The zero-order chi connectivity index (χ0) is 12.9. The molecule has 96 valence electrons. The second-order valence-corrected chi connectivity index (χ2v) is 5.78. The highest BCUT2D eigenvalue weighted by atomic mass is 32.1.